The average Bonchev–Trinajstić information content (AvgIpc) is 3.87. The Labute approximate surface area is 297 Å². The smallest absolute Gasteiger partial charge is 0.412 e. The highest BCUT2D eigenvalue weighted by Crippen LogP contribution is 2.39. The maximum Gasteiger partial charge on any atom is 0.412 e. The summed E-state index contributed by atoms with van der Waals surface area (Å²) >= 11 is 0. The molecule has 7 rings (SSSR count). The van der Waals surface area contributed by atoms with Gasteiger partial charge in [0.2, 0.25) is 6.79 Å². The van der Waals surface area contributed by atoms with Gasteiger partial charge in [0.15, 0.2) is 29.4 Å². The quantitative estimate of drug-likeness (QED) is 0.205. The van der Waals surface area contributed by atoms with Gasteiger partial charge in [0.05, 0.1) is 31.3 Å². The van der Waals surface area contributed by atoms with Crippen molar-refractivity contribution >= 4 is 6.09 Å². The molecule has 0 radical (unpaired) electrons. The lowest BCUT2D eigenvalue weighted by Gasteiger charge is -2.34. The molecule has 3 aromatic carbocycles. The first-order valence-electron chi connectivity index (χ1n) is 17.7. The fourth-order valence-corrected chi connectivity index (χ4v) is 7.57. The first kappa shape index (κ1) is 35.4. The summed E-state index contributed by atoms with van der Waals surface area (Å²) in [6.45, 7) is 11.4. The number of fused-ring (bicyclic) bond motifs is 2. The molecule has 3 aromatic rings. The van der Waals surface area contributed by atoms with Crippen molar-refractivity contribution in [2.45, 2.75) is 84.0 Å². The number of hydrogen-bond donors (Lipinski definition) is 0. The number of carbonyl (C=O) groups excluding carboxylic acids is 1. The van der Waals surface area contributed by atoms with Crippen LogP contribution in [0.15, 0.2) is 60.7 Å². The SMILES string of the molecule is CC(C)CN(Cc1ccc2c(c1)OCO2)CC1OC(C)(C)N(C(=O)OC2COC3OCCC23)C1Cc1ccc(OCc2ccc(F)c(F)c2)cc1. The van der Waals surface area contributed by atoms with E-state index in [2.05, 4.69) is 24.8 Å². The van der Waals surface area contributed by atoms with E-state index in [1.165, 1.54) is 6.07 Å². The van der Waals surface area contributed by atoms with Crippen LogP contribution < -0.4 is 14.2 Å². The highest BCUT2D eigenvalue weighted by Gasteiger charge is 2.52. The fourth-order valence-electron chi connectivity index (χ4n) is 7.57. The van der Waals surface area contributed by atoms with Crippen molar-refractivity contribution in [3.63, 3.8) is 0 Å². The van der Waals surface area contributed by atoms with Gasteiger partial charge in [-0.2, -0.15) is 0 Å². The van der Waals surface area contributed by atoms with E-state index in [4.69, 9.17) is 33.2 Å². The molecule has 0 N–H and O–H groups in total. The minimum Gasteiger partial charge on any atom is -0.489 e. The second-order valence-electron chi connectivity index (χ2n) is 14.6. The highest BCUT2D eigenvalue weighted by atomic mass is 19.2. The molecular weight excluding hydrogens is 662 g/mol. The van der Waals surface area contributed by atoms with E-state index in [1.54, 1.807) is 4.90 Å². The van der Waals surface area contributed by atoms with Crippen LogP contribution in [-0.4, -0.2) is 79.3 Å². The Hall–Kier alpha value is -3.97. The van der Waals surface area contributed by atoms with Crippen LogP contribution in [0.2, 0.25) is 0 Å². The Morgan fingerprint density at radius 3 is 2.51 bits per heavy atom. The first-order valence-corrected chi connectivity index (χ1v) is 17.7. The Kier molecular flexibility index (Phi) is 10.4. The van der Waals surface area contributed by atoms with E-state index in [9.17, 15) is 13.6 Å². The van der Waals surface area contributed by atoms with Crippen LogP contribution in [0, 0.1) is 23.5 Å². The van der Waals surface area contributed by atoms with Crippen LogP contribution in [0.1, 0.15) is 50.8 Å². The van der Waals surface area contributed by atoms with Gasteiger partial charge < -0.3 is 33.2 Å². The minimum absolute atomic E-state index is 0.0111. The summed E-state index contributed by atoms with van der Waals surface area (Å²) in [5, 5.41) is 0. The zero-order valence-electron chi connectivity index (χ0n) is 29.5. The second kappa shape index (κ2) is 14.9. The number of nitrogens with zero attached hydrogens (tertiary/aromatic N) is 2. The van der Waals surface area contributed by atoms with Crippen LogP contribution in [0.25, 0.3) is 0 Å². The van der Waals surface area contributed by atoms with Crippen molar-refractivity contribution in [2.75, 3.05) is 33.1 Å². The Morgan fingerprint density at radius 1 is 0.961 bits per heavy atom. The number of benzene rings is 3. The molecule has 0 saturated carbocycles. The topological polar surface area (TPSA) is 88.2 Å². The van der Waals surface area contributed by atoms with Crippen LogP contribution in [0.3, 0.4) is 0 Å². The number of rotatable bonds is 12. The molecule has 0 aliphatic carbocycles. The fraction of sp³-hybridized carbons (Fsp3) is 0.513. The lowest BCUT2D eigenvalue weighted by atomic mass is 9.99. The van der Waals surface area contributed by atoms with E-state index in [0.29, 0.717) is 50.0 Å². The van der Waals surface area contributed by atoms with Gasteiger partial charge in [-0.1, -0.05) is 38.1 Å². The van der Waals surface area contributed by atoms with Gasteiger partial charge in [0, 0.05) is 19.6 Å². The van der Waals surface area contributed by atoms with E-state index in [0.717, 1.165) is 47.7 Å². The largest absolute Gasteiger partial charge is 0.489 e. The highest BCUT2D eigenvalue weighted by molar-refractivity contribution is 5.70. The second-order valence-corrected chi connectivity index (χ2v) is 14.6. The summed E-state index contributed by atoms with van der Waals surface area (Å²) in [5.74, 6) is 0.657. The van der Waals surface area contributed by atoms with Crippen LogP contribution >= 0.6 is 0 Å². The van der Waals surface area contributed by atoms with Crippen molar-refractivity contribution in [2.24, 2.45) is 11.8 Å². The van der Waals surface area contributed by atoms with Crippen LogP contribution in [0.4, 0.5) is 13.6 Å². The molecule has 51 heavy (non-hydrogen) atoms. The van der Waals surface area contributed by atoms with Crippen molar-refractivity contribution in [1.29, 1.82) is 0 Å². The van der Waals surface area contributed by atoms with Crippen molar-refractivity contribution in [1.82, 2.24) is 9.80 Å². The molecule has 0 aromatic heterocycles. The van der Waals surface area contributed by atoms with Crippen LogP contribution in [-0.2, 0) is 38.5 Å². The zero-order chi connectivity index (χ0) is 35.7. The summed E-state index contributed by atoms with van der Waals surface area (Å²) in [6, 6.07) is 17.0. The van der Waals surface area contributed by atoms with E-state index >= 15 is 0 Å². The van der Waals surface area contributed by atoms with Crippen molar-refractivity contribution in [3.05, 3.63) is 89.0 Å². The number of halogens is 2. The van der Waals surface area contributed by atoms with E-state index in [1.807, 2.05) is 50.2 Å². The molecular formula is C39H46F2N2O8. The van der Waals surface area contributed by atoms with Crippen molar-refractivity contribution < 1.29 is 46.7 Å². The standard InChI is InChI=1S/C39H46F2N2O8/c1-24(2)18-42(19-26-8-12-33-34(17-26)49-23-48-33)20-35-32(16-25-5-9-28(10-6-25)46-21-27-7-11-30(40)31(41)15-27)43(39(3,4)51-35)38(44)50-36-22-47-37-29(36)13-14-45-37/h5-12,15,17,24,29,32,35-37H,13-14,16,18-23H2,1-4H3. The number of ether oxygens (including phenoxy) is 7. The molecule has 12 heteroatoms. The zero-order valence-corrected chi connectivity index (χ0v) is 29.5. The van der Waals surface area contributed by atoms with Gasteiger partial charge in [0.1, 0.15) is 24.2 Å². The summed E-state index contributed by atoms with van der Waals surface area (Å²) in [4.78, 5) is 18.3. The molecule has 5 unspecified atom stereocenters. The van der Waals surface area contributed by atoms with Gasteiger partial charge >= 0.3 is 6.09 Å². The third kappa shape index (κ3) is 8.09. The van der Waals surface area contributed by atoms with Gasteiger partial charge in [-0.05, 0) is 85.7 Å². The minimum atomic E-state index is -0.951. The third-order valence-corrected chi connectivity index (χ3v) is 9.88. The number of carbonyl (C=O) groups is 1. The lowest BCUT2D eigenvalue weighted by Crippen LogP contribution is -2.51. The maximum atomic E-state index is 14.2. The Bertz CT molecular complexity index is 1690. The molecule has 274 valence electrons. The molecule has 4 aliphatic heterocycles. The molecule has 0 spiro atoms. The Balaban J connectivity index is 1.10. The summed E-state index contributed by atoms with van der Waals surface area (Å²) in [5.41, 5.74) is 1.64. The average molecular weight is 709 g/mol. The first-order chi connectivity index (χ1) is 24.5. The predicted octanol–water partition coefficient (Wildman–Crippen LogP) is 6.68. The molecule has 0 bridgehead atoms. The van der Waals surface area contributed by atoms with Gasteiger partial charge in [-0.25, -0.2) is 13.6 Å². The Morgan fingerprint density at radius 2 is 1.73 bits per heavy atom. The van der Waals surface area contributed by atoms with E-state index < -0.39 is 29.6 Å². The summed E-state index contributed by atoms with van der Waals surface area (Å²) in [6.07, 6.45) is -0.225. The van der Waals surface area contributed by atoms with E-state index in [-0.39, 0.29) is 37.8 Å². The van der Waals surface area contributed by atoms with Gasteiger partial charge in [0.25, 0.3) is 0 Å². The molecule has 4 heterocycles. The maximum absolute atomic E-state index is 14.2. The van der Waals surface area contributed by atoms with Crippen molar-refractivity contribution in [3.8, 4) is 17.2 Å². The molecule has 1 amide bonds. The molecule has 10 nitrogen and oxygen atoms in total. The van der Waals surface area contributed by atoms with Gasteiger partial charge in [-0.3, -0.25) is 9.80 Å². The normalized spacial score (nSPS) is 24.8. The molecule has 4 aliphatic rings. The molecule has 5 atom stereocenters. The number of hydrogen-bond acceptors (Lipinski definition) is 9. The predicted molar refractivity (Wildman–Crippen MR) is 182 cm³/mol. The third-order valence-electron chi connectivity index (χ3n) is 9.88. The molecule has 3 saturated heterocycles. The summed E-state index contributed by atoms with van der Waals surface area (Å²) < 4.78 is 68.5. The van der Waals surface area contributed by atoms with Gasteiger partial charge in [-0.15, -0.1) is 0 Å². The molecule has 3 fully saturated rings. The monoisotopic (exact) mass is 708 g/mol. The lowest BCUT2D eigenvalue weighted by molar-refractivity contribution is -0.0912. The van der Waals surface area contributed by atoms with Crippen LogP contribution in [0.5, 0.6) is 17.2 Å². The number of amides is 1. The summed E-state index contributed by atoms with van der Waals surface area (Å²) in [7, 11) is 0.